The standard InChI is InChI=1S/C21H27N3O5/c1-27-15-8-9-18(28-2)16(12-15)19-13-17(24-29-19)21(26)22-11-10-20(25)23-14-6-4-3-5-7-14/h8-9,12-14H,3-7,10-11H2,1-2H3,(H,22,26)(H,23,25). The van der Waals surface area contributed by atoms with Gasteiger partial charge in [0.1, 0.15) is 11.5 Å². The highest BCUT2D eigenvalue weighted by Gasteiger charge is 2.18. The summed E-state index contributed by atoms with van der Waals surface area (Å²) in [7, 11) is 3.11. The third kappa shape index (κ3) is 5.49. The van der Waals surface area contributed by atoms with Crippen molar-refractivity contribution < 1.29 is 23.6 Å². The summed E-state index contributed by atoms with van der Waals surface area (Å²) in [6.45, 7) is 0.238. The first-order valence-corrected chi connectivity index (χ1v) is 9.87. The maximum atomic E-state index is 12.3. The van der Waals surface area contributed by atoms with E-state index in [1.54, 1.807) is 32.4 Å². The van der Waals surface area contributed by atoms with Crippen LogP contribution in [0.15, 0.2) is 28.8 Å². The van der Waals surface area contributed by atoms with Crippen molar-refractivity contribution in [2.45, 2.75) is 44.6 Å². The highest BCUT2D eigenvalue weighted by atomic mass is 16.5. The van der Waals surface area contributed by atoms with Gasteiger partial charge in [0.15, 0.2) is 11.5 Å². The summed E-state index contributed by atoms with van der Waals surface area (Å²) in [6, 6.07) is 7.07. The van der Waals surface area contributed by atoms with Crippen LogP contribution >= 0.6 is 0 Å². The Balaban J connectivity index is 1.53. The van der Waals surface area contributed by atoms with Crippen LogP contribution in [0.4, 0.5) is 0 Å². The topological polar surface area (TPSA) is 103 Å². The zero-order chi connectivity index (χ0) is 20.6. The van der Waals surface area contributed by atoms with E-state index in [4.69, 9.17) is 14.0 Å². The van der Waals surface area contributed by atoms with Crippen LogP contribution in [-0.4, -0.2) is 43.8 Å². The van der Waals surface area contributed by atoms with Crippen molar-refractivity contribution in [1.29, 1.82) is 0 Å². The molecule has 8 heteroatoms. The van der Waals surface area contributed by atoms with Crippen LogP contribution in [0.2, 0.25) is 0 Å². The van der Waals surface area contributed by atoms with Crippen LogP contribution in [0.5, 0.6) is 11.5 Å². The predicted octanol–water partition coefficient (Wildman–Crippen LogP) is 2.93. The quantitative estimate of drug-likeness (QED) is 0.705. The molecule has 3 rings (SSSR count). The van der Waals surface area contributed by atoms with Crippen molar-refractivity contribution in [3.63, 3.8) is 0 Å². The van der Waals surface area contributed by atoms with Gasteiger partial charge in [0.2, 0.25) is 5.91 Å². The Hall–Kier alpha value is -3.03. The monoisotopic (exact) mass is 401 g/mol. The lowest BCUT2D eigenvalue weighted by molar-refractivity contribution is -0.121. The van der Waals surface area contributed by atoms with Crippen LogP contribution in [0.3, 0.4) is 0 Å². The SMILES string of the molecule is COc1ccc(OC)c(-c2cc(C(=O)NCCC(=O)NC3CCCCC3)no2)c1. The molecule has 1 aromatic carbocycles. The van der Waals surface area contributed by atoms with E-state index in [2.05, 4.69) is 15.8 Å². The maximum absolute atomic E-state index is 12.3. The normalized spacial score (nSPS) is 14.3. The fraction of sp³-hybridized carbons (Fsp3) is 0.476. The van der Waals surface area contributed by atoms with E-state index in [0.29, 0.717) is 22.8 Å². The summed E-state index contributed by atoms with van der Waals surface area (Å²) in [4.78, 5) is 24.3. The summed E-state index contributed by atoms with van der Waals surface area (Å²) in [5.41, 5.74) is 0.767. The number of ether oxygens (including phenoxy) is 2. The molecular weight excluding hydrogens is 374 g/mol. The molecule has 2 amide bonds. The van der Waals surface area contributed by atoms with Gasteiger partial charge in [-0.05, 0) is 31.0 Å². The highest BCUT2D eigenvalue weighted by molar-refractivity contribution is 5.93. The van der Waals surface area contributed by atoms with Crippen molar-refractivity contribution >= 4 is 11.8 Å². The second-order valence-corrected chi connectivity index (χ2v) is 7.05. The van der Waals surface area contributed by atoms with Gasteiger partial charge in [-0.2, -0.15) is 0 Å². The molecule has 0 spiro atoms. The molecule has 1 aromatic heterocycles. The van der Waals surface area contributed by atoms with Gasteiger partial charge >= 0.3 is 0 Å². The first kappa shape index (κ1) is 20.7. The average Bonchev–Trinajstić information content (AvgIpc) is 3.24. The first-order valence-electron chi connectivity index (χ1n) is 9.87. The minimum absolute atomic E-state index is 0.0424. The third-order valence-electron chi connectivity index (χ3n) is 5.02. The average molecular weight is 401 g/mol. The molecule has 2 aromatic rings. The zero-order valence-corrected chi connectivity index (χ0v) is 16.8. The molecule has 1 saturated carbocycles. The second kappa shape index (κ2) is 9.95. The molecule has 156 valence electrons. The highest BCUT2D eigenvalue weighted by Crippen LogP contribution is 2.33. The number of methoxy groups -OCH3 is 2. The number of benzene rings is 1. The van der Waals surface area contributed by atoms with E-state index in [-0.39, 0.29) is 30.6 Å². The number of hydrogen-bond acceptors (Lipinski definition) is 6. The number of hydrogen-bond donors (Lipinski definition) is 2. The summed E-state index contributed by atoms with van der Waals surface area (Å²) in [5.74, 6) is 1.16. The van der Waals surface area contributed by atoms with Crippen molar-refractivity contribution in [3.8, 4) is 22.8 Å². The number of nitrogens with one attached hydrogen (secondary N) is 2. The molecule has 0 atom stereocenters. The molecule has 0 aliphatic heterocycles. The Morgan fingerprint density at radius 2 is 1.93 bits per heavy atom. The van der Waals surface area contributed by atoms with Crippen molar-refractivity contribution in [2.24, 2.45) is 0 Å². The molecule has 0 saturated heterocycles. The van der Waals surface area contributed by atoms with Crippen LogP contribution < -0.4 is 20.1 Å². The van der Waals surface area contributed by atoms with E-state index in [1.807, 2.05) is 0 Å². The number of carbonyl (C=O) groups excluding carboxylic acids is 2. The molecule has 1 aliphatic carbocycles. The Labute approximate surface area is 169 Å². The Morgan fingerprint density at radius 1 is 1.14 bits per heavy atom. The number of carbonyl (C=O) groups is 2. The van der Waals surface area contributed by atoms with E-state index in [9.17, 15) is 9.59 Å². The van der Waals surface area contributed by atoms with Gasteiger partial charge in [0, 0.05) is 25.1 Å². The van der Waals surface area contributed by atoms with Gasteiger partial charge in [0.25, 0.3) is 5.91 Å². The Kier molecular flexibility index (Phi) is 7.10. The molecule has 2 N–H and O–H groups in total. The van der Waals surface area contributed by atoms with Gasteiger partial charge in [-0.1, -0.05) is 24.4 Å². The summed E-state index contributed by atoms with van der Waals surface area (Å²) < 4.78 is 15.9. The minimum atomic E-state index is -0.396. The molecule has 29 heavy (non-hydrogen) atoms. The zero-order valence-electron chi connectivity index (χ0n) is 16.8. The summed E-state index contributed by atoms with van der Waals surface area (Å²) in [5, 5.41) is 9.57. The van der Waals surface area contributed by atoms with Crippen molar-refractivity contribution in [3.05, 3.63) is 30.0 Å². The number of amides is 2. The molecule has 1 heterocycles. The summed E-state index contributed by atoms with van der Waals surface area (Å²) >= 11 is 0. The number of rotatable bonds is 8. The van der Waals surface area contributed by atoms with Crippen molar-refractivity contribution in [1.82, 2.24) is 15.8 Å². The van der Waals surface area contributed by atoms with Gasteiger partial charge in [-0.3, -0.25) is 9.59 Å². The number of aromatic nitrogens is 1. The van der Waals surface area contributed by atoms with E-state index >= 15 is 0 Å². The van der Waals surface area contributed by atoms with Gasteiger partial charge in [-0.15, -0.1) is 0 Å². The molecule has 8 nitrogen and oxygen atoms in total. The second-order valence-electron chi connectivity index (χ2n) is 7.05. The molecule has 1 fully saturated rings. The third-order valence-corrected chi connectivity index (χ3v) is 5.02. The van der Waals surface area contributed by atoms with Gasteiger partial charge in [0.05, 0.1) is 19.8 Å². The first-order chi connectivity index (χ1) is 14.1. The fourth-order valence-electron chi connectivity index (χ4n) is 3.44. The smallest absolute Gasteiger partial charge is 0.273 e. The molecule has 0 bridgehead atoms. The van der Waals surface area contributed by atoms with E-state index < -0.39 is 5.91 Å². The maximum Gasteiger partial charge on any atom is 0.273 e. The van der Waals surface area contributed by atoms with Crippen LogP contribution in [0, 0.1) is 0 Å². The van der Waals surface area contributed by atoms with Crippen LogP contribution in [-0.2, 0) is 4.79 Å². The Morgan fingerprint density at radius 3 is 2.66 bits per heavy atom. The molecule has 0 radical (unpaired) electrons. The lowest BCUT2D eigenvalue weighted by Gasteiger charge is -2.22. The van der Waals surface area contributed by atoms with Crippen molar-refractivity contribution in [2.75, 3.05) is 20.8 Å². The lowest BCUT2D eigenvalue weighted by Crippen LogP contribution is -2.38. The fourth-order valence-corrected chi connectivity index (χ4v) is 3.44. The molecule has 1 aliphatic rings. The molecular formula is C21H27N3O5. The van der Waals surface area contributed by atoms with E-state index in [1.165, 1.54) is 12.5 Å². The van der Waals surface area contributed by atoms with E-state index in [0.717, 1.165) is 25.7 Å². The van der Waals surface area contributed by atoms with Gasteiger partial charge < -0.3 is 24.6 Å². The minimum Gasteiger partial charge on any atom is -0.497 e. The molecule has 0 unspecified atom stereocenters. The van der Waals surface area contributed by atoms with Crippen LogP contribution in [0.1, 0.15) is 49.0 Å². The summed E-state index contributed by atoms with van der Waals surface area (Å²) in [6.07, 6.45) is 5.87. The Bertz CT molecular complexity index is 843. The van der Waals surface area contributed by atoms with Gasteiger partial charge in [-0.25, -0.2) is 0 Å². The number of nitrogens with zero attached hydrogens (tertiary/aromatic N) is 1. The van der Waals surface area contributed by atoms with Crippen LogP contribution in [0.25, 0.3) is 11.3 Å². The predicted molar refractivity (Wildman–Crippen MR) is 107 cm³/mol. The lowest BCUT2D eigenvalue weighted by atomic mass is 9.95. The largest absolute Gasteiger partial charge is 0.497 e.